The summed E-state index contributed by atoms with van der Waals surface area (Å²) in [7, 11) is 0. The van der Waals surface area contributed by atoms with E-state index >= 15 is 0 Å². The van der Waals surface area contributed by atoms with Gasteiger partial charge in [-0.05, 0) is 31.4 Å². The van der Waals surface area contributed by atoms with E-state index in [1.807, 2.05) is 0 Å². The number of halogens is 2. The van der Waals surface area contributed by atoms with Gasteiger partial charge < -0.3 is 15.5 Å². The molecule has 1 saturated carbocycles. The van der Waals surface area contributed by atoms with Crippen molar-refractivity contribution >= 4 is 17.4 Å². The number of nitro groups is 1. The number of alkyl halides is 2. The monoisotopic (exact) mass is 382 g/mol. The zero-order valence-electron chi connectivity index (χ0n) is 15.4. The van der Waals surface area contributed by atoms with Crippen LogP contribution in [0.2, 0.25) is 0 Å². The quantitative estimate of drug-likeness (QED) is 0.448. The van der Waals surface area contributed by atoms with Crippen LogP contribution in [0.25, 0.3) is 0 Å². The van der Waals surface area contributed by atoms with Crippen molar-refractivity contribution in [3.63, 3.8) is 0 Å². The second-order valence-electron chi connectivity index (χ2n) is 7.58. The maximum Gasteiger partial charge on any atom is 0.317 e. The van der Waals surface area contributed by atoms with E-state index in [1.165, 1.54) is 11.0 Å². The third-order valence-electron chi connectivity index (χ3n) is 5.77. The van der Waals surface area contributed by atoms with Crippen LogP contribution in [-0.4, -0.2) is 48.0 Å². The molecule has 7 nitrogen and oxygen atoms in total. The normalized spacial score (nSPS) is 25.5. The van der Waals surface area contributed by atoms with E-state index in [9.17, 15) is 23.7 Å². The number of nitrogens with one attached hydrogen (secondary N) is 2. The molecular weight excluding hydrogens is 358 g/mol. The number of fused-ring (bicyclic) bond motifs is 1. The topological polar surface area (TPSA) is 87.5 Å². The molecule has 2 atom stereocenters. The zero-order valence-corrected chi connectivity index (χ0v) is 15.4. The van der Waals surface area contributed by atoms with Crippen LogP contribution in [0.1, 0.15) is 25.3 Å². The molecule has 0 bridgehead atoms. The van der Waals surface area contributed by atoms with E-state index < -0.39 is 22.2 Å². The van der Waals surface area contributed by atoms with Crippen LogP contribution in [0.15, 0.2) is 18.2 Å². The summed E-state index contributed by atoms with van der Waals surface area (Å²) in [5.41, 5.74) is 0.304. The number of benzene rings is 1. The summed E-state index contributed by atoms with van der Waals surface area (Å²) in [6, 6.07) is 4.62. The number of anilines is 1. The molecule has 1 aliphatic heterocycles. The first-order chi connectivity index (χ1) is 12.7. The fourth-order valence-electron chi connectivity index (χ4n) is 3.76. The average molecular weight is 382 g/mol. The molecule has 1 aliphatic carbocycles. The number of carbonyl (C=O) groups is 1. The fraction of sp³-hybridized carbons (Fsp3) is 0.611. The van der Waals surface area contributed by atoms with Crippen LogP contribution in [0.4, 0.5) is 25.0 Å². The standard InChI is InChI=1S/C18H24F2N4O3/c1-12-4-5-13(14(10-12)24(26)27)21-7-3-8-22-16(25)23-9-6-17(2)15(11-23)18(17,19)20/h4-5,10,15,21H,3,6-9,11H2,1-2H3,(H,22,25). The second kappa shape index (κ2) is 6.94. The van der Waals surface area contributed by atoms with Crippen molar-refractivity contribution in [1.82, 2.24) is 10.2 Å². The molecule has 3 rings (SSSR count). The molecule has 2 aliphatic rings. The summed E-state index contributed by atoms with van der Waals surface area (Å²) in [6.07, 6.45) is 0.874. The van der Waals surface area contributed by atoms with Crippen molar-refractivity contribution in [2.75, 3.05) is 31.5 Å². The summed E-state index contributed by atoms with van der Waals surface area (Å²) >= 11 is 0. The number of hydrogen-bond donors (Lipinski definition) is 2. The Balaban J connectivity index is 1.40. The lowest BCUT2D eigenvalue weighted by atomic mass is 9.98. The number of hydrogen-bond acceptors (Lipinski definition) is 4. The molecule has 0 spiro atoms. The predicted molar refractivity (Wildman–Crippen MR) is 97.1 cm³/mol. The van der Waals surface area contributed by atoms with Gasteiger partial charge in [0.05, 0.1) is 10.8 Å². The second-order valence-corrected chi connectivity index (χ2v) is 7.58. The summed E-state index contributed by atoms with van der Waals surface area (Å²) in [5, 5.41) is 16.8. The molecule has 27 heavy (non-hydrogen) atoms. The summed E-state index contributed by atoms with van der Waals surface area (Å²) in [5.74, 6) is -3.41. The summed E-state index contributed by atoms with van der Waals surface area (Å²) in [6.45, 7) is 4.60. The van der Waals surface area contributed by atoms with E-state index in [0.717, 1.165) is 5.56 Å². The van der Waals surface area contributed by atoms with Gasteiger partial charge in [-0.25, -0.2) is 13.6 Å². The Labute approximate surface area is 156 Å². The Morgan fingerprint density at radius 2 is 2.15 bits per heavy atom. The van der Waals surface area contributed by atoms with Crippen LogP contribution in [-0.2, 0) is 0 Å². The first-order valence-electron chi connectivity index (χ1n) is 9.06. The summed E-state index contributed by atoms with van der Waals surface area (Å²) in [4.78, 5) is 24.2. The zero-order chi connectivity index (χ0) is 19.8. The van der Waals surface area contributed by atoms with Crippen molar-refractivity contribution in [1.29, 1.82) is 0 Å². The molecule has 0 radical (unpaired) electrons. The highest BCUT2D eigenvalue weighted by Crippen LogP contribution is 2.69. The van der Waals surface area contributed by atoms with Crippen LogP contribution >= 0.6 is 0 Å². The van der Waals surface area contributed by atoms with Gasteiger partial charge in [0.1, 0.15) is 5.69 Å². The van der Waals surface area contributed by atoms with Crippen LogP contribution in [0.5, 0.6) is 0 Å². The van der Waals surface area contributed by atoms with E-state index in [-0.39, 0.29) is 18.3 Å². The Morgan fingerprint density at radius 1 is 1.41 bits per heavy atom. The highest BCUT2D eigenvalue weighted by molar-refractivity contribution is 5.74. The minimum absolute atomic E-state index is 0.0146. The number of nitro benzene ring substituents is 1. The molecule has 9 heteroatoms. The summed E-state index contributed by atoms with van der Waals surface area (Å²) < 4.78 is 27.5. The minimum atomic E-state index is -2.67. The number of piperidine rings is 1. The smallest absolute Gasteiger partial charge is 0.317 e. The van der Waals surface area contributed by atoms with Gasteiger partial charge in [0.2, 0.25) is 0 Å². The van der Waals surface area contributed by atoms with E-state index in [2.05, 4.69) is 10.6 Å². The third-order valence-corrected chi connectivity index (χ3v) is 5.77. The lowest BCUT2D eigenvalue weighted by Gasteiger charge is -2.28. The number of amides is 2. The fourth-order valence-corrected chi connectivity index (χ4v) is 3.76. The van der Waals surface area contributed by atoms with Gasteiger partial charge in [0, 0.05) is 37.7 Å². The average Bonchev–Trinajstić information content (AvgIpc) is 3.07. The molecule has 148 valence electrons. The predicted octanol–water partition coefficient (Wildman–Crippen LogP) is 3.39. The Kier molecular flexibility index (Phi) is 4.96. The highest BCUT2D eigenvalue weighted by Gasteiger charge is 2.78. The van der Waals surface area contributed by atoms with Crippen molar-refractivity contribution in [2.45, 2.75) is 32.6 Å². The van der Waals surface area contributed by atoms with Gasteiger partial charge in [-0.3, -0.25) is 10.1 Å². The molecule has 2 fully saturated rings. The number of likely N-dealkylation sites (tertiary alicyclic amines) is 1. The van der Waals surface area contributed by atoms with Crippen LogP contribution in [0.3, 0.4) is 0 Å². The molecule has 1 heterocycles. The largest absolute Gasteiger partial charge is 0.379 e. The van der Waals surface area contributed by atoms with Gasteiger partial charge in [-0.2, -0.15) is 0 Å². The van der Waals surface area contributed by atoms with E-state index in [1.54, 1.807) is 26.0 Å². The van der Waals surface area contributed by atoms with Crippen molar-refractivity contribution < 1.29 is 18.5 Å². The van der Waals surface area contributed by atoms with Gasteiger partial charge in [0.25, 0.3) is 11.6 Å². The Morgan fingerprint density at radius 3 is 2.81 bits per heavy atom. The lowest BCUT2D eigenvalue weighted by Crippen LogP contribution is -2.45. The molecule has 0 aromatic heterocycles. The number of carbonyl (C=O) groups excluding carboxylic acids is 1. The van der Waals surface area contributed by atoms with Gasteiger partial charge in [-0.1, -0.05) is 13.0 Å². The SMILES string of the molecule is Cc1ccc(NCCCNC(=O)N2CCC3(C)C(C2)C3(F)F)c([N+](=O)[O-])c1. The van der Waals surface area contributed by atoms with Gasteiger partial charge in [0.15, 0.2) is 0 Å². The van der Waals surface area contributed by atoms with E-state index in [4.69, 9.17) is 0 Å². The first-order valence-corrected chi connectivity index (χ1v) is 9.06. The van der Waals surface area contributed by atoms with E-state index in [0.29, 0.717) is 38.2 Å². The minimum Gasteiger partial charge on any atom is -0.379 e. The molecule has 1 aromatic rings. The lowest BCUT2D eigenvalue weighted by molar-refractivity contribution is -0.384. The Hall–Kier alpha value is -2.45. The molecular formula is C18H24F2N4O3. The molecule has 1 saturated heterocycles. The maximum absolute atomic E-state index is 13.7. The number of urea groups is 1. The Bertz CT molecular complexity index is 758. The first kappa shape index (κ1) is 19.3. The highest BCUT2D eigenvalue weighted by atomic mass is 19.3. The number of nitrogens with zero attached hydrogens (tertiary/aromatic N) is 2. The maximum atomic E-state index is 13.7. The molecule has 2 N–H and O–H groups in total. The third kappa shape index (κ3) is 3.54. The van der Waals surface area contributed by atoms with Crippen molar-refractivity contribution in [3.05, 3.63) is 33.9 Å². The van der Waals surface area contributed by atoms with Crippen molar-refractivity contribution in [2.24, 2.45) is 11.3 Å². The van der Waals surface area contributed by atoms with Gasteiger partial charge in [-0.15, -0.1) is 0 Å². The molecule has 2 amide bonds. The van der Waals surface area contributed by atoms with Crippen LogP contribution < -0.4 is 10.6 Å². The van der Waals surface area contributed by atoms with Crippen molar-refractivity contribution in [3.8, 4) is 0 Å². The number of aryl methyl sites for hydroxylation is 1. The van der Waals surface area contributed by atoms with Gasteiger partial charge >= 0.3 is 6.03 Å². The molecule has 1 aromatic carbocycles. The number of rotatable bonds is 6. The van der Waals surface area contributed by atoms with Crippen LogP contribution in [0, 0.1) is 28.4 Å². The molecule has 2 unspecified atom stereocenters.